The summed E-state index contributed by atoms with van der Waals surface area (Å²) in [5.74, 6) is 1.59. The molecule has 20 heavy (non-hydrogen) atoms. The molecule has 0 aliphatic rings. The second-order valence-corrected chi connectivity index (χ2v) is 5.49. The van der Waals surface area contributed by atoms with E-state index in [0.29, 0.717) is 13.2 Å². The van der Waals surface area contributed by atoms with Gasteiger partial charge in [-0.2, -0.15) is 0 Å². The minimum absolute atomic E-state index is 0.622. The molecule has 0 aliphatic carbocycles. The number of hydrogen-bond donors (Lipinski definition) is 1. The van der Waals surface area contributed by atoms with Crippen molar-refractivity contribution < 1.29 is 9.47 Å². The van der Waals surface area contributed by atoms with Crippen LogP contribution in [0, 0.1) is 3.57 Å². The van der Waals surface area contributed by atoms with Crippen molar-refractivity contribution in [3.63, 3.8) is 0 Å². The lowest BCUT2D eigenvalue weighted by Gasteiger charge is -2.15. The maximum Gasteiger partial charge on any atom is 0.166 e. The fraction of sp³-hybridized carbons (Fsp3) is 0.250. The molecule has 4 heteroatoms. The fourth-order valence-corrected chi connectivity index (χ4v) is 2.29. The van der Waals surface area contributed by atoms with E-state index in [0.717, 1.165) is 22.7 Å². The van der Waals surface area contributed by atoms with Crippen LogP contribution in [0.5, 0.6) is 11.5 Å². The Morgan fingerprint density at radius 2 is 1.85 bits per heavy atom. The van der Waals surface area contributed by atoms with Crippen molar-refractivity contribution in [1.29, 1.82) is 0 Å². The van der Waals surface area contributed by atoms with Crippen LogP contribution >= 0.6 is 22.6 Å². The van der Waals surface area contributed by atoms with Crippen molar-refractivity contribution in [3.05, 3.63) is 51.6 Å². The summed E-state index contributed by atoms with van der Waals surface area (Å²) in [6.45, 7) is 3.30. The van der Waals surface area contributed by atoms with Crippen LogP contribution in [0.4, 0.5) is 5.69 Å². The third kappa shape index (κ3) is 3.79. The van der Waals surface area contributed by atoms with E-state index in [1.165, 1.54) is 3.57 Å². The maximum absolute atomic E-state index is 5.70. The highest BCUT2D eigenvalue weighted by molar-refractivity contribution is 14.1. The number of anilines is 1. The van der Waals surface area contributed by atoms with Crippen LogP contribution in [0.1, 0.15) is 12.5 Å². The molecular weight excluding hydrogens is 365 g/mol. The summed E-state index contributed by atoms with van der Waals surface area (Å²) in [4.78, 5) is 0. The minimum atomic E-state index is 0.622. The molecule has 2 aromatic carbocycles. The topological polar surface area (TPSA) is 30.5 Å². The van der Waals surface area contributed by atoms with E-state index in [-0.39, 0.29) is 0 Å². The van der Waals surface area contributed by atoms with E-state index in [1.807, 2.05) is 25.1 Å². The van der Waals surface area contributed by atoms with E-state index in [2.05, 4.69) is 52.2 Å². The molecule has 2 rings (SSSR count). The van der Waals surface area contributed by atoms with Gasteiger partial charge in [-0.25, -0.2) is 0 Å². The number of ether oxygens (including phenoxy) is 2. The number of nitrogens with one attached hydrogen (secondary N) is 1. The van der Waals surface area contributed by atoms with E-state index in [4.69, 9.17) is 9.47 Å². The average molecular weight is 383 g/mol. The van der Waals surface area contributed by atoms with Gasteiger partial charge in [0.15, 0.2) is 11.5 Å². The summed E-state index contributed by atoms with van der Waals surface area (Å²) < 4.78 is 12.3. The summed E-state index contributed by atoms with van der Waals surface area (Å²) in [6, 6.07) is 14.2. The molecule has 106 valence electrons. The minimum Gasteiger partial charge on any atom is -0.493 e. The number of benzene rings is 2. The van der Waals surface area contributed by atoms with Crippen molar-refractivity contribution in [2.24, 2.45) is 0 Å². The number of hydrogen-bond acceptors (Lipinski definition) is 3. The monoisotopic (exact) mass is 383 g/mol. The molecule has 0 saturated heterocycles. The molecule has 0 aliphatic heterocycles. The number of methoxy groups -OCH3 is 1. The van der Waals surface area contributed by atoms with Gasteiger partial charge in [-0.05, 0) is 59.8 Å². The van der Waals surface area contributed by atoms with Crippen molar-refractivity contribution in [1.82, 2.24) is 0 Å². The SMILES string of the molecule is CCOc1c(CNc2ccc(I)cc2)cccc1OC. The molecule has 0 heterocycles. The summed E-state index contributed by atoms with van der Waals surface area (Å²) >= 11 is 2.30. The van der Waals surface area contributed by atoms with Gasteiger partial charge in [-0.15, -0.1) is 0 Å². The molecule has 0 saturated carbocycles. The quantitative estimate of drug-likeness (QED) is 0.755. The first-order valence-corrected chi connectivity index (χ1v) is 7.60. The number of para-hydroxylation sites is 1. The maximum atomic E-state index is 5.70. The van der Waals surface area contributed by atoms with Crippen molar-refractivity contribution >= 4 is 28.3 Å². The lowest BCUT2D eigenvalue weighted by molar-refractivity contribution is 0.308. The molecule has 0 atom stereocenters. The lowest BCUT2D eigenvalue weighted by atomic mass is 10.1. The van der Waals surface area contributed by atoms with Gasteiger partial charge in [-0.1, -0.05) is 12.1 Å². The van der Waals surface area contributed by atoms with Crippen molar-refractivity contribution in [2.45, 2.75) is 13.5 Å². The first-order chi connectivity index (χ1) is 9.74. The van der Waals surface area contributed by atoms with E-state index < -0.39 is 0 Å². The molecule has 0 spiro atoms. The van der Waals surface area contributed by atoms with Crippen LogP contribution in [0.15, 0.2) is 42.5 Å². The standard InChI is InChI=1S/C16H18INO2/c1-3-20-16-12(5-4-6-15(16)19-2)11-18-14-9-7-13(17)8-10-14/h4-10,18H,3,11H2,1-2H3. The van der Waals surface area contributed by atoms with E-state index in [9.17, 15) is 0 Å². The Hall–Kier alpha value is -1.43. The fourth-order valence-electron chi connectivity index (χ4n) is 1.93. The van der Waals surface area contributed by atoms with Gasteiger partial charge in [0.25, 0.3) is 0 Å². The Kier molecular flexibility index (Phi) is 5.52. The Bertz CT molecular complexity index is 555. The van der Waals surface area contributed by atoms with Crippen molar-refractivity contribution in [3.8, 4) is 11.5 Å². The number of rotatable bonds is 6. The normalized spacial score (nSPS) is 10.2. The Balaban J connectivity index is 2.14. The summed E-state index contributed by atoms with van der Waals surface area (Å²) in [5, 5.41) is 3.40. The van der Waals surface area contributed by atoms with Crippen LogP contribution in [0.2, 0.25) is 0 Å². The van der Waals surface area contributed by atoms with Crippen LogP contribution in [-0.2, 0) is 6.54 Å². The number of halogens is 1. The smallest absolute Gasteiger partial charge is 0.166 e. The van der Waals surface area contributed by atoms with E-state index >= 15 is 0 Å². The van der Waals surface area contributed by atoms with Crippen molar-refractivity contribution in [2.75, 3.05) is 19.0 Å². The third-order valence-corrected chi connectivity index (χ3v) is 3.62. The molecule has 0 unspecified atom stereocenters. The van der Waals surface area contributed by atoms with Gasteiger partial charge in [0.2, 0.25) is 0 Å². The van der Waals surface area contributed by atoms with Gasteiger partial charge >= 0.3 is 0 Å². The molecule has 3 nitrogen and oxygen atoms in total. The molecular formula is C16H18INO2. The molecule has 2 aromatic rings. The van der Waals surface area contributed by atoms with E-state index in [1.54, 1.807) is 7.11 Å². The Labute approximate surface area is 133 Å². The summed E-state index contributed by atoms with van der Waals surface area (Å²) in [7, 11) is 1.66. The predicted molar refractivity (Wildman–Crippen MR) is 90.6 cm³/mol. The van der Waals surface area contributed by atoms with Crippen LogP contribution < -0.4 is 14.8 Å². The average Bonchev–Trinajstić information content (AvgIpc) is 2.48. The zero-order valence-corrected chi connectivity index (χ0v) is 13.8. The molecule has 0 radical (unpaired) electrons. The predicted octanol–water partition coefficient (Wildman–Crippen LogP) is 4.31. The van der Waals surface area contributed by atoms with Crippen LogP contribution in [-0.4, -0.2) is 13.7 Å². The second-order valence-electron chi connectivity index (χ2n) is 4.24. The molecule has 1 N–H and O–H groups in total. The Morgan fingerprint density at radius 3 is 2.50 bits per heavy atom. The van der Waals surface area contributed by atoms with Crippen LogP contribution in [0.25, 0.3) is 0 Å². The Morgan fingerprint density at radius 1 is 1.10 bits per heavy atom. The molecule has 0 amide bonds. The summed E-state index contributed by atoms with van der Waals surface area (Å²) in [5.41, 5.74) is 2.18. The first kappa shape index (κ1) is 15.0. The summed E-state index contributed by atoms with van der Waals surface area (Å²) in [6.07, 6.45) is 0. The molecule has 0 fully saturated rings. The lowest BCUT2D eigenvalue weighted by Crippen LogP contribution is -2.04. The zero-order valence-electron chi connectivity index (χ0n) is 11.7. The van der Waals surface area contributed by atoms with Gasteiger partial charge in [0.05, 0.1) is 13.7 Å². The van der Waals surface area contributed by atoms with Gasteiger partial charge < -0.3 is 14.8 Å². The first-order valence-electron chi connectivity index (χ1n) is 6.52. The highest BCUT2D eigenvalue weighted by Gasteiger charge is 2.09. The van der Waals surface area contributed by atoms with Crippen LogP contribution in [0.3, 0.4) is 0 Å². The van der Waals surface area contributed by atoms with Gasteiger partial charge in [0.1, 0.15) is 0 Å². The molecule has 0 aromatic heterocycles. The molecule has 0 bridgehead atoms. The third-order valence-electron chi connectivity index (χ3n) is 2.90. The largest absolute Gasteiger partial charge is 0.493 e. The van der Waals surface area contributed by atoms with Gasteiger partial charge in [0, 0.05) is 21.4 Å². The highest BCUT2D eigenvalue weighted by atomic mass is 127. The van der Waals surface area contributed by atoms with Gasteiger partial charge in [-0.3, -0.25) is 0 Å². The highest BCUT2D eigenvalue weighted by Crippen LogP contribution is 2.31. The zero-order chi connectivity index (χ0) is 14.4. The second kappa shape index (κ2) is 7.38.